The number of carbonyl (C=O) groups is 1. The predicted octanol–water partition coefficient (Wildman–Crippen LogP) is 2.24. The van der Waals surface area contributed by atoms with Crippen molar-refractivity contribution < 1.29 is 13.8 Å². The summed E-state index contributed by atoms with van der Waals surface area (Å²) < 4.78 is 10.2. The number of aromatic nitrogens is 3. The van der Waals surface area contributed by atoms with Gasteiger partial charge in [0.05, 0.1) is 12.1 Å². The fourth-order valence-electron chi connectivity index (χ4n) is 2.21. The normalized spacial score (nSPS) is 10.8. The fraction of sp³-hybridized carbons (Fsp3) is 0.294. The second kappa shape index (κ2) is 7.08. The van der Waals surface area contributed by atoms with Gasteiger partial charge in [-0.2, -0.15) is 4.98 Å². The molecule has 0 aliphatic rings. The number of hydrogen-bond donors (Lipinski definition) is 1. The fourth-order valence-corrected chi connectivity index (χ4v) is 2.21. The molecule has 0 fully saturated rings. The van der Waals surface area contributed by atoms with Gasteiger partial charge in [-0.05, 0) is 13.8 Å². The van der Waals surface area contributed by atoms with Crippen molar-refractivity contribution in [3.63, 3.8) is 0 Å². The first-order valence-electron chi connectivity index (χ1n) is 7.68. The first-order valence-corrected chi connectivity index (χ1v) is 7.68. The lowest BCUT2D eigenvalue weighted by Crippen LogP contribution is -2.27. The monoisotopic (exact) mass is 326 g/mol. The molecule has 1 amide bonds. The Morgan fingerprint density at radius 3 is 2.62 bits per heavy atom. The summed E-state index contributed by atoms with van der Waals surface area (Å²) >= 11 is 0. The summed E-state index contributed by atoms with van der Waals surface area (Å²) in [5.74, 6) is 1.45. The third kappa shape index (κ3) is 4.07. The Kier molecular flexibility index (Phi) is 4.69. The Hall–Kier alpha value is -2.96. The summed E-state index contributed by atoms with van der Waals surface area (Å²) in [7, 11) is 0. The zero-order chi connectivity index (χ0) is 16.9. The highest BCUT2D eigenvalue weighted by atomic mass is 16.5. The molecule has 3 aromatic rings. The van der Waals surface area contributed by atoms with Crippen molar-refractivity contribution in [1.82, 2.24) is 20.6 Å². The standard InChI is InChI=1S/C17H18N4O3/c1-11-3-5-13(6-4-11)17-19-16(24-21-17)7-8-18-15(22)10-14-9-12(2)20-23-14/h3-6,9H,7-8,10H2,1-2H3,(H,18,22). The highest BCUT2D eigenvalue weighted by Crippen LogP contribution is 2.16. The van der Waals surface area contributed by atoms with Crippen LogP contribution >= 0.6 is 0 Å². The molecule has 0 aliphatic carbocycles. The van der Waals surface area contributed by atoms with Gasteiger partial charge in [0.15, 0.2) is 0 Å². The lowest BCUT2D eigenvalue weighted by Gasteiger charge is -2.00. The van der Waals surface area contributed by atoms with Crippen LogP contribution in [0.3, 0.4) is 0 Å². The molecule has 2 aromatic heterocycles. The van der Waals surface area contributed by atoms with Gasteiger partial charge in [0.2, 0.25) is 17.6 Å². The smallest absolute Gasteiger partial charge is 0.228 e. The van der Waals surface area contributed by atoms with Crippen molar-refractivity contribution in [2.75, 3.05) is 6.54 Å². The molecule has 124 valence electrons. The molecule has 0 spiro atoms. The molecule has 0 atom stereocenters. The van der Waals surface area contributed by atoms with E-state index < -0.39 is 0 Å². The molecule has 0 unspecified atom stereocenters. The summed E-state index contributed by atoms with van der Waals surface area (Å²) in [6, 6.07) is 9.63. The maximum atomic E-state index is 11.8. The molecule has 1 aromatic carbocycles. The van der Waals surface area contributed by atoms with Crippen LogP contribution in [0.15, 0.2) is 39.4 Å². The topological polar surface area (TPSA) is 94.1 Å². The molecule has 7 nitrogen and oxygen atoms in total. The second-order valence-corrected chi connectivity index (χ2v) is 5.59. The average Bonchev–Trinajstić information content (AvgIpc) is 3.17. The number of nitrogens with zero attached hydrogens (tertiary/aromatic N) is 3. The van der Waals surface area contributed by atoms with Gasteiger partial charge in [0.1, 0.15) is 5.76 Å². The van der Waals surface area contributed by atoms with Crippen molar-refractivity contribution in [3.05, 3.63) is 53.2 Å². The van der Waals surface area contributed by atoms with Crippen molar-refractivity contribution in [3.8, 4) is 11.4 Å². The molecule has 0 aliphatic heterocycles. The van der Waals surface area contributed by atoms with E-state index in [0.717, 1.165) is 11.3 Å². The molecule has 0 saturated carbocycles. The van der Waals surface area contributed by atoms with Crippen LogP contribution in [-0.4, -0.2) is 27.7 Å². The minimum absolute atomic E-state index is 0.135. The third-order valence-electron chi connectivity index (χ3n) is 3.45. The van der Waals surface area contributed by atoms with Crippen LogP contribution in [0.5, 0.6) is 0 Å². The van der Waals surface area contributed by atoms with Gasteiger partial charge in [-0.15, -0.1) is 0 Å². The summed E-state index contributed by atoms with van der Waals surface area (Å²) in [5.41, 5.74) is 2.83. The third-order valence-corrected chi connectivity index (χ3v) is 3.45. The van der Waals surface area contributed by atoms with E-state index in [4.69, 9.17) is 9.05 Å². The first kappa shape index (κ1) is 15.9. The molecular weight excluding hydrogens is 308 g/mol. The lowest BCUT2D eigenvalue weighted by molar-refractivity contribution is -0.120. The quantitative estimate of drug-likeness (QED) is 0.746. The largest absolute Gasteiger partial charge is 0.361 e. The summed E-state index contributed by atoms with van der Waals surface area (Å²) in [6.45, 7) is 4.25. The lowest BCUT2D eigenvalue weighted by atomic mass is 10.1. The van der Waals surface area contributed by atoms with Gasteiger partial charge in [-0.25, -0.2) is 0 Å². The zero-order valence-electron chi connectivity index (χ0n) is 13.6. The number of aryl methyl sites for hydroxylation is 2. The highest BCUT2D eigenvalue weighted by Gasteiger charge is 2.10. The van der Waals surface area contributed by atoms with Gasteiger partial charge in [0, 0.05) is 24.6 Å². The van der Waals surface area contributed by atoms with E-state index in [1.807, 2.05) is 38.1 Å². The maximum absolute atomic E-state index is 11.8. The van der Waals surface area contributed by atoms with Gasteiger partial charge < -0.3 is 14.4 Å². The molecule has 0 saturated heterocycles. The molecule has 24 heavy (non-hydrogen) atoms. The second-order valence-electron chi connectivity index (χ2n) is 5.59. The van der Waals surface area contributed by atoms with Crippen LogP contribution in [0, 0.1) is 13.8 Å². The van der Waals surface area contributed by atoms with Crippen LogP contribution in [0.25, 0.3) is 11.4 Å². The molecule has 2 heterocycles. The van der Waals surface area contributed by atoms with Gasteiger partial charge in [0.25, 0.3) is 0 Å². The molecule has 7 heteroatoms. The summed E-state index contributed by atoms with van der Waals surface area (Å²) in [5, 5.41) is 10.5. The first-order chi connectivity index (χ1) is 11.6. The average molecular weight is 326 g/mol. The van der Waals surface area contributed by atoms with Gasteiger partial charge in [-0.1, -0.05) is 40.1 Å². The summed E-state index contributed by atoms with van der Waals surface area (Å²) in [6.07, 6.45) is 0.638. The van der Waals surface area contributed by atoms with E-state index in [2.05, 4.69) is 20.6 Å². The van der Waals surface area contributed by atoms with Crippen LogP contribution in [-0.2, 0) is 17.6 Å². The van der Waals surface area contributed by atoms with Crippen molar-refractivity contribution in [2.24, 2.45) is 0 Å². The Morgan fingerprint density at radius 2 is 1.92 bits per heavy atom. The van der Waals surface area contributed by atoms with E-state index in [1.165, 1.54) is 5.56 Å². The van der Waals surface area contributed by atoms with E-state index in [1.54, 1.807) is 6.07 Å². The van der Waals surface area contributed by atoms with Crippen LogP contribution in [0.1, 0.15) is 22.9 Å². The molecule has 1 N–H and O–H groups in total. The van der Waals surface area contributed by atoms with E-state index in [9.17, 15) is 4.79 Å². The van der Waals surface area contributed by atoms with Crippen LogP contribution in [0.2, 0.25) is 0 Å². The van der Waals surface area contributed by atoms with Crippen molar-refractivity contribution >= 4 is 5.91 Å². The summed E-state index contributed by atoms with van der Waals surface area (Å²) in [4.78, 5) is 16.1. The Labute approximate surface area is 139 Å². The van der Waals surface area contributed by atoms with Gasteiger partial charge >= 0.3 is 0 Å². The Morgan fingerprint density at radius 1 is 1.12 bits per heavy atom. The minimum atomic E-state index is -0.135. The zero-order valence-corrected chi connectivity index (χ0v) is 13.6. The molecule has 0 radical (unpaired) electrons. The number of rotatable bonds is 6. The van der Waals surface area contributed by atoms with Crippen LogP contribution in [0.4, 0.5) is 0 Å². The van der Waals surface area contributed by atoms with Crippen molar-refractivity contribution in [1.29, 1.82) is 0 Å². The number of amides is 1. The number of hydrogen-bond acceptors (Lipinski definition) is 6. The SMILES string of the molecule is Cc1ccc(-c2noc(CCNC(=O)Cc3cc(C)no3)n2)cc1. The maximum Gasteiger partial charge on any atom is 0.228 e. The minimum Gasteiger partial charge on any atom is -0.361 e. The van der Waals surface area contributed by atoms with E-state index in [-0.39, 0.29) is 12.3 Å². The molecule has 0 bridgehead atoms. The van der Waals surface area contributed by atoms with Crippen LogP contribution < -0.4 is 5.32 Å². The number of benzene rings is 1. The van der Waals surface area contributed by atoms with E-state index in [0.29, 0.717) is 30.4 Å². The molecular formula is C17H18N4O3. The highest BCUT2D eigenvalue weighted by molar-refractivity contribution is 5.77. The van der Waals surface area contributed by atoms with Crippen molar-refractivity contribution in [2.45, 2.75) is 26.7 Å². The Bertz CT molecular complexity index is 820. The Balaban J connectivity index is 1.48. The number of carbonyl (C=O) groups excluding carboxylic acids is 1. The number of nitrogens with one attached hydrogen (secondary N) is 1. The van der Waals surface area contributed by atoms with E-state index >= 15 is 0 Å². The van der Waals surface area contributed by atoms with Gasteiger partial charge in [-0.3, -0.25) is 4.79 Å². The molecule has 3 rings (SSSR count). The predicted molar refractivity (Wildman–Crippen MR) is 86.1 cm³/mol.